The van der Waals surface area contributed by atoms with Crippen molar-refractivity contribution in [1.82, 2.24) is 10.6 Å². The predicted octanol–water partition coefficient (Wildman–Crippen LogP) is 2.86. The Morgan fingerprint density at radius 1 is 0.938 bits per heavy atom. The van der Waals surface area contributed by atoms with Crippen LogP contribution in [-0.2, 0) is 27.1 Å². The number of carbonyl (C=O) groups is 2. The fourth-order valence-corrected chi connectivity index (χ4v) is 3.25. The van der Waals surface area contributed by atoms with Crippen LogP contribution in [0.2, 0.25) is 0 Å². The number of aliphatic hydroxyl groups is 1. The van der Waals surface area contributed by atoms with Gasteiger partial charge < -0.3 is 25.2 Å². The highest BCUT2D eigenvalue weighted by atomic mass is 16.6. The number of ether oxygens (including phenoxy) is 2. The van der Waals surface area contributed by atoms with Crippen LogP contribution in [-0.4, -0.2) is 54.6 Å². The van der Waals surface area contributed by atoms with Gasteiger partial charge in [0, 0.05) is 6.54 Å². The monoisotopic (exact) mass is 442 g/mol. The van der Waals surface area contributed by atoms with E-state index in [0.717, 1.165) is 11.1 Å². The summed E-state index contributed by atoms with van der Waals surface area (Å²) in [6.07, 6.45) is -0.745. The molecule has 0 saturated carbocycles. The molecule has 0 bridgehead atoms. The molecule has 1 amide bonds. The van der Waals surface area contributed by atoms with Crippen LogP contribution in [0, 0.1) is 0 Å². The molecule has 0 radical (unpaired) electrons. The number of carbonyl (C=O) groups excluding carboxylic acids is 2. The van der Waals surface area contributed by atoms with Crippen molar-refractivity contribution in [1.29, 1.82) is 0 Å². The number of esters is 1. The molecular weight excluding hydrogens is 408 g/mol. The van der Waals surface area contributed by atoms with Gasteiger partial charge in [-0.2, -0.15) is 0 Å². The number of hydrogen-bond acceptors (Lipinski definition) is 6. The van der Waals surface area contributed by atoms with Gasteiger partial charge in [-0.15, -0.1) is 0 Å². The molecule has 3 atom stereocenters. The van der Waals surface area contributed by atoms with Crippen molar-refractivity contribution in [2.75, 3.05) is 13.7 Å². The maximum atomic E-state index is 12.4. The van der Waals surface area contributed by atoms with E-state index in [9.17, 15) is 14.7 Å². The Morgan fingerprint density at radius 2 is 1.47 bits per heavy atom. The lowest BCUT2D eigenvalue weighted by atomic mass is 10.0. The quantitative estimate of drug-likeness (QED) is 0.490. The van der Waals surface area contributed by atoms with Gasteiger partial charge >= 0.3 is 12.1 Å². The van der Waals surface area contributed by atoms with E-state index in [1.165, 1.54) is 7.11 Å². The molecule has 0 saturated heterocycles. The number of rotatable bonds is 10. The molecule has 0 heterocycles. The van der Waals surface area contributed by atoms with Crippen LogP contribution in [0.3, 0.4) is 0 Å². The molecule has 0 aromatic heterocycles. The van der Waals surface area contributed by atoms with Gasteiger partial charge in [0.05, 0.1) is 19.3 Å². The fraction of sp³-hybridized carbons (Fsp3) is 0.440. The predicted molar refractivity (Wildman–Crippen MR) is 123 cm³/mol. The van der Waals surface area contributed by atoms with Gasteiger partial charge in [-0.1, -0.05) is 60.7 Å². The second-order valence-corrected chi connectivity index (χ2v) is 8.68. The fourth-order valence-electron chi connectivity index (χ4n) is 3.25. The highest BCUT2D eigenvalue weighted by molar-refractivity contribution is 5.76. The van der Waals surface area contributed by atoms with Crippen LogP contribution in [0.5, 0.6) is 0 Å². The number of hydrogen-bond donors (Lipinski definition) is 3. The van der Waals surface area contributed by atoms with Gasteiger partial charge in [-0.25, -0.2) is 4.79 Å². The van der Waals surface area contributed by atoms with Crippen LogP contribution in [0.15, 0.2) is 60.7 Å². The molecule has 2 rings (SSSR count). The van der Waals surface area contributed by atoms with Crippen molar-refractivity contribution in [2.45, 2.75) is 57.4 Å². The maximum Gasteiger partial charge on any atom is 0.407 e. The number of benzene rings is 2. The molecule has 2 aromatic carbocycles. The maximum absolute atomic E-state index is 12.4. The van der Waals surface area contributed by atoms with E-state index in [-0.39, 0.29) is 6.54 Å². The van der Waals surface area contributed by atoms with Crippen molar-refractivity contribution in [3.05, 3.63) is 71.8 Å². The van der Waals surface area contributed by atoms with Gasteiger partial charge in [0.15, 0.2) is 0 Å². The number of methoxy groups -OCH3 is 1. The van der Waals surface area contributed by atoms with E-state index in [1.807, 2.05) is 60.7 Å². The summed E-state index contributed by atoms with van der Waals surface area (Å²) in [5, 5.41) is 16.8. The highest BCUT2D eigenvalue weighted by Gasteiger charge is 2.27. The molecule has 0 fully saturated rings. The van der Waals surface area contributed by atoms with E-state index in [2.05, 4.69) is 10.6 Å². The Kier molecular flexibility index (Phi) is 9.68. The van der Waals surface area contributed by atoms with E-state index in [0.29, 0.717) is 12.8 Å². The average molecular weight is 443 g/mol. The second-order valence-electron chi connectivity index (χ2n) is 8.68. The highest BCUT2D eigenvalue weighted by Crippen LogP contribution is 2.11. The van der Waals surface area contributed by atoms with Crippen LogP contribution in [0.1, 0.15) is 31.9 Å². The largest absolute Gasteiger partial charge is 0.468 e. The van der Waals surface area contributed by atoms with Crippen LogP contribution < -0.4 is 10.6 Å². The first-order chi connectivity index (χ1) is 15.2. The Balaban J connectivity index is 2.07. The first kappa shape index (κ1) is 25.4. The smallest absolute Gasteiger partial charge is 0.407 e. The molecule has 32 heavy (non-hydrogen) atoms. The number of amides is 1. The van der Waals surface area contributed by atoms with Gasteiger partial charge in [-0.05, 0) is 44.7 Å². The van der Waals surface area contributed by atoms with E-state index in [4.69, 9.17) is 9.47 Å². The summed E-state index contributed by atoms with van der Waals surface area (Å²) in [7, 11) is 1.33. The zero-order valence-electron chi connectivity index (χ0n) is 19.2. The minimum atomic E-state index is -0.967. The third-order valence-corrected chi connectivity index (χ3v) is 4.81. The third kappa shape index (κ3) is 9.08. The van der Waals surface area contributed by atoms with Crippen molar-refractivity contribution in [3.8, 4) is 0 Å². The summed E-state index contributed by atoms with van der Waals surface area (Å²) in [6.45, 7) is 5.42. The molecule has 3 N–H and O–H groups in total. The molecule has 0 aliphatic rings. The van der Waals surface area contributed by atoms with Crippen molar-refractivity contribution < 1.29 is 24.2 Å². The topological polar surface area (TPSA) is 96.9 Å². The average Bonchev–Trinajstić information content (AvgIpc) is 2.75. The Labute approximate surface area is 190 Å². The lowest BCUT2D eigenvalue weighted by Crippen LogP contribution is -2.52. The van der Waals surface area contributed by atoms with Gasteiger partial charge in [0.25, 0.3) is 0 Å². The van der Waals surface area contributed by atoms with Crippen molar-refractivity contribution in [3.63, 3.8) is 0 Å². The standard InChI is InChI=1S/C25H34N2O5/c1-25(2,3)32-24(30)27-20(15-18-11-7-5-8-12-18)22(28)17-26-21(23(29)31-4)16-19-13-9-6-10-14-19/h5-14,20-22,26,28H,15-17H2,1-4H3,(H,27,30)/t20-,21-,22-/m0/s1. The Hall–Kier alpha value is -2.90. The Morgan fingerprint density at radius 3 is 1.97 bits per heavy atom. The molecule has 174 valence electrons. The van der Waals surface area contributed by atoms with E-state index < -0.39 is 35.9 Å². The molecule has 7 nitrogen and oxygen atoms in total. The van der Waals surface area contributed by atoms with Crippen LogP contribution >= 0.6 is 0 Å². The lowest BCUT2D eigenvalue weighted by Gasteiger charge is -2.28. The number of nitrogens with one attached hydrogen (secondary N) is 2. The number of alkyl carbamates (subject to hydrolysis) is 1. The van der Waals surface area contributed by atoms with Crippen LogP contribution in [0.4, 0.5) is 4.79 Å². The molecule has 0 spiro atoms. The van der Waals surface area contributed by atoms with E-state index >= 15 is 0 Å². The number of aliphatic hydroxyl groups excluding tert-OH is 1. The SMILES string of the molecule is COC(=O)[C@H](Cc1ccccc1)NC[C@H](O)[C@H](Cc1ccccc1)NC(=O)OC(C)(C)C. The van der Waals surface area contributed by atoms with Gasteiger partial charge in [0.2, 0.25) is 0 Å². The first-order valence-electron chi connectivity index (χ1n) is 10.7. The summed E-state index contributed by atoms with van der Waals surface area (Å²) in [6, 6.07) is 17.9. The molecule has 0 unspecified atom stereocenters. The summed E-state index contributed by atoms with van der Waals surface area (Å²) >= 11 is 0. The van der Waals surface area contributed by atoms with E-state index in [1.54, 1.807) is 20.8 Å². The zero-order valence-corrected chi connectivity index (χ0v) is 19.2. The third-order valence-electron chi connectivity index (χ3n) is 4.81. The summed E-state index contributed by atoms with van der Waals surface area (Å²) in [5.74, 6) is -0.416. The molecule has 7 heteroatoms. The zero-order chi connectivity index (χ0) is 23.6. The molecule has 2 aromatic rings. The van der Waals surface area contributed by atoms with Crippen molar-refractivity contribution in [2.24, 2.45) is 0 Å². The normalized spacial score (nSPS) is 14.2. The van der Waals surface area contributed by atoms with Gasteiger partial charge in [-0.3, -0.25) is 4.79 Å². The first-order valence-corrected chi connectivity index (χ1v) is 10.7. The van der Waals surface area contributed by atoms with Crippen LogP contribution in [0.25, 0.3) is 0 Å². The van der Waals surface area contributed by atoms with Crippen molar-refractivity contribution >= 4 is 12.1 Å². The second kappa shape index (κ2) is 12.2. The summed E-state index contributed by atoms with van der Waals surface area (Å²) in [5.41, 5.74) is 1.27. The molecular formula is C25H34N2O5. The molecule has 0 aliphatic carbocycles. The molecule has 0 aliphatic heterocycles. The Bertz CT molecular complexity index is 836. The minimum absolute atomic E-state index is 0.0832. The minimum Gasteiger partial charge on any atom is -0.468 e. The van der Waals surface area contributed by atoms with Gasteiger partial charge in [0.1, 0.15) is 11.6 Å². The summed E-state index contributed by atoms with van der Waals surface area (Å²) < 4.78 is 10.3. The summed E-state index contributed by atoms with van der Waals surface area (Å²) in [4.78, 5) is 24.6. The lowest BCUT2D eigenvalue weighted by molar-refractivity contribution is -0.143.